The van der Waals surface area contributed by atoms with Gasteiger partial charge in [0.2, 0.25) is 0 Å². The Morgan fingerprint density at radius 1 is 0.415 bits per heavy atom. The van der Waals surface area contributed by atoms with Crippen LogP contribution >= 0.6 is 0 Å². The van der Waals surface area contributed by atoms with Gasteiger partial charge in [-0.25, -0.2) is 0 Å². The van der Waals surface area contributed by atoms with Crippen molar-refractivity contribution < 1.29 is 30.5 Å². The maximum absolute atomic E-state index is 7.01. The van der Waals surface area contributed by atoms with E-state index in [1.807, 2.05) is 0 Å². The minimum absolute atomic E-state index is 0. The number of benzene rings is 4. The van der Waals surface area contributed by atoms with Crippen molar-refractivity contribution in [3.05, 3.63) is 108 Å². The zero-order chi connectivity index (χ0) is 34.3. The molecule has 8 atom stereocenters. The van der Waals surface area contributed by atoms with Crippen LogP contribution < -0.4 is 9.47 Å². The second-order valence-electron chi connectivity index (χ2n) is 18.0. The van der Waals surface area contributed by atoms with E-state index in [9.17, 15) is 0 Å². The van der Waals surface area contributed by atoms with E-state index < -0.39 is 0 Å². The summed E-state index contributed by atoms with van der Waals surface area (Å²) in [7, 11) is 0. The monoisotopic (exact) mass is 870 g/mol. The van der Waals surface area contributed by atoms with Crippen molar-refractivity contribution in [2.24, 2.45) is 47.3 Å². The first-order valence-corrected chi connectivity index (χ1v) is 21.4. The number of ether oxygens (including phenoxy) is 2. The van der Waals surface area contributed by atoms with Gasteiger partial charge in [-0.1, -0.05) is 123 Å². The Morgan fingerprint density at radius 3 is 1.13 bits per heavy atom. The predicted octanol–water partition coefficient (Wildman–Crippen LogP) is 12.6. The molecule has 0 N–H and O–H groups in total. The molecule has 2 heterocycles. The summed E-state index contributed by atoms with van der Waals surface area (Å²) in [5.41, 5.74) is 2.18. The van der Waals surface area contributed by atoms with E-state index in [4.69, 9.17) is 9.47 Å². The second kappa shape index (κ2) is 13.7. The first kappa shape index (κ1) is 34.6. The van der Waals surface area contributed by atoms with E-state index in [-0.39, 0.29) is 32.3 Å². The Hall–Kier alpha value is -2.83. The number of hydrogen-bond donors (Lipinski definition) is 0. The van der Waals surface area contributed by atoms with Crippen molar-refractivity contribution in [2.45, 2.75) is 114 Å². The van der Waals surface area contributed by atoms with Crippen LogP contribution in [0.25, 0.3) is 21.5 Å². The quantitative estimate of drug-likeness (QED) is 0.164. The smallest absolute Gasteiger partial charge is 0.542 e. The van der Waals surface area contributed by atoms with Gasteiger partial charge in [0, 0.05) is 35.2 Å². The van der Waals surface area contributed by atoms with Crippen LogP contribution in [-0.4, -0.2) is 11.2 Å². The molecule has 8 unspecified atom stereocenters. The molecule has 6 aliphatic carbocycles. The van der Waals surface area contributed by atoms with Gasteiger partial charge >= 0.3 is 21.1 Å². The van der Waals surface area contributed by atoms with Gasteiger partial charge in [-0.3, -0.25) is 0 Å². The largest absolute Gasteiger partial charge is 2.00 e. The predicted molar refractivity (Wildman–Crippen MR) is 210 cm³/mol. The Bertz CT molecular complexity index is 1870. The summed E-state index contributed by atoms with van der Waals surface area (Å²) in [5, 5.41) is 5.11. The molecule has 4 aromatic carbocycles. The normalized spacial score (nSPS) is 37.1. The zero-order valence-corrected chi connectivity index (χ0v) is 34.2. The van der Waals surface area contributed by atoms with Gasteiger partial charge in [-0.05, 0) is 75.0 Å². The van der Waals surface area contributed by atoms with E-state index in [0.29, 0.717) is 23.7 Å². The summed E-state index contributed by atoms with van der Waals surface area (Å²) in [6.45, 7) is 0. The van der Waals surface area contributed by atoms with E-state index in [2.05, 4.69) is 97.1 Å². The molecule has 53 heavy (non-hydrogen) atoms. The fourth-order valence-electron chi connectivity index (χ4n) is 14.0. The Morgan fingerprint density at radius 2 is 0.755 bits per heavy atom. The number of fused-ring (bicyclic) bond motifs is 16. The molecule has 12 rings (SSSR count). The first-order valence-electron chi connectivity index (χ1n) is 21.4. The van der Waals surface area contributed by atoms with Crippen molar-refractivity contribution in [3.8, 4) is 11.5 Å². The van der Waals surface area contributed by atoms with Crippen LogP contribution in [-0.2, 0) is 21.1 Å². The molecule has 0 bridgehead atoms. The summed E-state index contributed by atoms with van der Waals surface area (Å²) in [6, 6.07) is 26.1. The van der Waals surface area contributed by atoms with Crippen molar-refractivity contribution in [1.29, 1.82) is 0 Å². The van der Waals surface area contributed by atoms with Gasteiger partial charge in [0.15, 0.2) is 0 Å². The SMILES string of the molecule is [C-]1=CC2(Oc3ccc4ccccc4c31)C1CCCCC1C1CCCCC12.[C-]1=CC2(Oc3ccc4ccccc4c31)C1CCCCC1C1CCCCC12.[W+2]. The van der Waals surface area contributed by atoms with Gasteiger partial charge in [0.05, 0.1) is 0 Å². The maximum Gasteiger partial charge on any atom is 2.00 e. The zero-order valence-electron chi connectivity index (χ0n) is 31.2. The number of hydrogen-bond acceptors (Lipinski definition) is 2. The molecule has 6 fully saturated rings. The molecule has 0 radical (unpaired) electrons. The standard InChI is InChI=1S/2C25H27O.W/c2*1-2-8-18-17(7-1)13-14-24-21(18)15-16-25(26-24)22-11-5-3-9-19(22)20-10-4-6-12-23(20)25;/h2*1-2,7-8,13-14,16,19-20,22-23H,3-6,9-12H2;/q2*-1;+2. The van der Waals surface area contributed by atoms with Gasteiger partial charge in [-0.2, -0.15) is 12.2 Å². The van der Waals surface area contributed by atoms with E-state index in [0.717, 1.165) is 35.2 Å². The molecule has 4 aromatic rings. The Labute approximate surface area is 331 Å². The Kier molecular flexibility index (Phi) is 8.97. The molecule has 6 saturated carbocycles. The average Bonchev–Trinajstić information content (AvgIpc) is 3.64. The maximum atomic E-state index is 7.01. The summed E-state index contributed by atoms with van der Waals surface area (Å²) >= 11 is 0. The van der Waals surface area contributed by atoms with Crippen molar-refractivity contribution in [1.82, 2.24) is 0 Å². The van der Waals surface area contributed by atoms with Gasteiger partial charge < -0.3 is 9.47 Å². The van der Waals surface area contributed by atoms with Crippen LogP contribution in [0.15, 0.2) is 84.9 Å². The topological polar surface area (TPSA) is 18.5 Å². The number of rotatable bonds is 0. The van der Waals surface area contributed by atoms with E-state index in [1.54, 1.807) is 0 Å². The van der Waals surface area contributed by atoms with E-state index in [1.165, 1.54) is 135 Å². The van der Waals surface area contributed by atoms with Crippen molar-refractivity contribution >= 4 is 21.5 Å². The van der Waals surface area contributed by atoms with Crippen LogP contribution in [0.1, 0.15) is 114 Å². The van der Waals surface area contributed by atoms with Crippen LogP contribution in [0.4, 0.5) is 0 Å². The summed E-state index contributed by atoms with van der Waals surface area (Å²) in [5.74, 6) is 8.50. The van der Waals surface area contributed by atoms with E-state index >= 15 is 0 Å². The van der Waals surface area contributed by atoms with Gasteiger partial charge in [0.1, 0.15) is 11.2 Å². The third kappa shape index (κ3) is 5.34. The summed E-state index contributed by atoms with van der Waals surface area (Å²) in [4.78, 5) is 0. The van der Waals surface area contributed by atoms with Crippen LogP contribution in [0.2, 0.25) is 0 Å². The van der Waals surface area contributed by atoms with Crippen molar-refractivity contribution in [2.75, 3.05) is 0 Å². The summed E-state index contributed by atoms with van der Waals surface area (Å²) in [6.07, 6.45) is 34.6. The third-order valence-corrected chi connectivity index (χ3v) is 15.9. The molecule has 0 amide bonds. The molecule has 2 spiro atoms. The molecule has 0 saturated heterocycles. The van der Waals surface area contributed by atoms with Crippen LogP contribution in [0.5, 0.6) is 11.5 Å². The Balaban J connectivity index is 0.000000129. The molecule has 0 aromatic heterocycles. The average molecular weight is 871 g/mol. The minimum Gasteiger partial charge on any atom is -0.542 e. The fourth-order valence-corrected chi connectivity index (χ4v) is 14.0. The third-order valence-electron chi connectivity index (χ3n) is 15.9. The molecule has 2 aliphatic heterocycles. The fraction of sp³-hybridized carbons (Fsp3) is 0.520. The molecule has 2 nitrogen and oxygen atoms in total. The molecule has 3 heteroatoms. The van der Waals surface area contributed by atoms with Crippen molar-refractivity contribution in [3.63, 3.8) is 0 Å². The molecule has 272 valence electrons. The minimum atomic E-state index is -0.0777. The van der Waals surface area contributed by atoms with Crippen LogP contribution in [0, 0.1) is 59.5 Å². The second-order valence-corrected chi connectivity index (χ2v) is 18.0. The van der Waals surface area contributed by atoms with Crippen LogP contribution in [0.3, 0.4) is 0 Å². The molecular weight excluding hydrogens is 816 g/mol. The molecule has 8 aliphatic rings. The van der Waals surface area contributed by atoms with Gasteiger partial charge in [0.25, 0.3) is 0 Å². The van der Waals surface area contributed by atoms with Gasteiger partial charge in [-0.15, -0.1) is 46.2 Å². The summed E-state index contributed by atoms with van der Waals surface area (Å²) < 4.78 is 14.0. The first-order chi connectivity index (χ1) is 25.7. The molecular formula is C50H54O2W.